The van der Waals surface area contributed by atoms with Gasteiger partial charge in [-0.05, 0) is 11.7 Å². The summed E-state index contributed by atoms with van der Waals surface area (Å²) in [6.07, 6.45) is 3.33. The van der Waals surface area contributed by atoms with E-state index in [0.717, 1.165) is 17.3 Å². The van der Waals surface area contributed by atoms with Crippen LogP contribution in [0.4, 0.5) is 5.69 Å². The second-order valence-electron chi connectivity index (χ2n) is 4.48. The fourth-order valence-electron chi connectivity index (χ4n) is 1.40. The second-order valence-corrected chi connectivity index (χ2v) is 5.51. The van der Waals surface area contributed by atoms with Crippen molar-refractivity contribution in [2.75, 3.05) is 11.5 Å². The Labute approximate surface area is 110 Å². The molecule has 0 fully saturated rings. The topological polar surface area (TPSA) is 82.8 Å². The van der Waals surface area contributed by atoms with Gasteiger partial charge in [0, 0.05) is 6.20 Å². The molecule has 2 heterocycles. The van der Waals surface area contributed by atoms with Crippen molar-refractivity contribution in [2.45, 2.75) is 26.1 Å². The number of nitrogens with zero attached hydrogens (tertiary/aromatic N) is 4. The maximum absolute atomic E-state index is 5.58. The highest BCUT2D eigenvalue weighted by Crippen LogP contribution is 2.13. The van der Waals surface area contributed by atoms with Crippen LogP contribution in [0.3, 0.4) is 0 Å². The molecule has 0 saturated carbocycles. The SMILES string of the molecule is CC(C)CSCc1noc(Cn2cc(N)cn2)n1. The number of anilines is 1. The van der Waals surface area contributed by atoms with Crippen LogP contribution in [0.15, 0.2) is 16.9 Å². The van der Waals surface area contributed by atoms with Crippen LogP contribution in [0.1, 0.15) is 25.6 Å². The van der Waals surface area contributed by atoms with Gasteiger partial charge in [-0.15, -0.1) is 0 Å². The lowest BCUT2D eigenvalue weighted by molar-refractivity contribution is 0.362. The van der Waals surface area contributed by atoms with Gasteiger partial charge in [0.2, 0.25) is 5.89 Å². The molecule has 0 atom stereocenters. The van der Waals surface area contributed by atoms with Gasteiger partial charge >= 0.3 is 0 Å². The molecule has 6 nitrogen and oxygen atoms in total. The maximum atomic E-state index is 5.58. The number of nitrogen functional groups attached to an aromatic ring is 1. The van der Waals surface area contributed by atoms with Crippen molar-refractivity contribution < 1.29 is 4.52 Å². The molecule has 0 radical (unpaired) electrons. The molecule has 0 aliphatic heterocycles. The minimum Gasteiger partial charge on any atom is -0.396 e. The largest absolute Gasteiger partial charge is 0.396 e. The van der Waals surface area contributed by atoms with E-state index in [2.05, 4.69) is 29.1 Å². The Morgan fingerprint density at radius 2 is 2.33 bits per heavy atom. The third-order valence-corrected chi connectivity index (χ3v) is 3.51. The predicted octanol–water partition coefficient (Wildman–Crippen LogP) is 1.79. The average molecular weight is 267 g/mol. The number of hydrogen-bond donors (Lipinski definition) is 1. The first-order valence-electron chi connectivity index (χ1n) is 5.80. The molecule has 7 heteroatoms. The number of nitrogens with two attached hydrogens (primary N) is 1. The van der Waals surface area contributed by atoms with Crippen LogP contribution in [0.25, 0.3) is 0 Å². The normalized spacial score (nSPS) is 11.3. The van der Waals surface area contributed by atoms with Gasteiger partial charge < -0.3 is 10.3 Å². The van der Waals surface area contributed by atoms with E-state index in [4.69, 9.17) is 10.3 Å². The van der Waals surface area contributed by atoms with Gasteiger partial charge in [0.1, 0.15) is 6.54 Å². The van der Waals surface area contributed by atoms with Gasteiger partial charge in [-0.2, -0.15) is 21.8 Å². The Morgan fingerprint density at radius 3 is 3.00 bits per heavy atom. The molecule has 18 heavy (non-hydrogen) atoms. The first-order chi connectivity index (χ1) is 8.63. The average Bonchev–Trinajstić information content (AvgIpc) is 2.89. The molecule has 0 aliphatic carbocycles. The van der Waals surface area contributed by atoms with E-state index < -0.39 is 0 Å². The van der Waals surface area contributed by atoms with E-state index in [1.807, 2.05) is 11.8 Å². The van der Waals surface area contributed by atoms with Crippen LogP contribution >= 0.6 is 11.8 Å². The number of hydrogen-bond acceptors (Lipinski definition) is 6. The van der Waals surface area contributed by atoms with E-state index in [9.17, 15) is 0 Å². The molecule has 2 aromatic heterocycles. The van der Waals surface area contributed by atoms with Crippen molar-refractivity contribution >= 4 is 17.4 Å². The van der Waals surface area contributed by atoms with Crippen molar-refractivity contribution in [2.24, 2.45) is 5.92 Å². The minimum atomic E-state index is 0.457. The fraction of sp³-hybridized carbons (Fsp3) is 0.545. The van der Waals surface area contributed by atoms with E-state index in [0.29, 0.717) is 24.0 Å². The highest BCUT2D eigenvalue weighted by atomic mass is 32.2. The smallest absolute Gasteiger partial charge is 0.248 e. The molecule has 0 aliphatic rings. The zero-order chi connectivity index (χ0) is 13.0. The summed E-state index contributed by atoms with van der Waals surface area (Å²) >= 11 is 1.81. The van der Waals surface area contributed by atoms with Crippen LogP contribution in [0.5, 0.6) is 0 Å². The van der Waals surface area contributed by atoms with Crippen molar-refractivity contribution in [3.63, 3.8) is 0 Å². The lowest BCUT2D eigenvalue weighted by Crippen LogP contribution is -2.00. The van der Waals surface area contributed by atoms with E-state index in [1.165, 1.54) is 0 Å². The van der Waals surface area contributed by atoms with Crippen LogP contribution < -0.4 is 5.73 Å². The zero-order valence-electron chi connectivity index (χ0n) is 10.5. The van der Waals surface area contributed by atoms with Crippen LogP contribution in [-0.2, 0) is 12.3 Å². The summed E-state index contributed by atoms with van der Waals surface area (Å²) in [5.41, 5.74) is 6.21. The molecule has 0 bridgehead atoms. The lowest BCUT2D eigenvalue weighted by atomic mass is 10.3. The first-order valence-corrected chi connectivity index (χ1v) is 6.96. The number of thioether (sulfide) groups is 1. The Bertz CT molecular complexity index is 493. The Morgan fingerprint density at radius 1 is 1.50 bits per heavy atom. The van der Waals surface area contributed by atoms with Gasteiger partial charge in [-0.1, -0.05) is 19.0 Å². The molecule has 0 spiro atoms. The monoisotopic (exact) mass is 267 g/mol. The van der Waals surface area contributed by atoms with Gasteiger partial charge in [-0.25, -0.2) is 0 Å². The Balaban J connectivity index is 1.86. The lowest BCUT2D eigenvalue weighted by Gasteiger charge is -2.00. The van der Waals surface area contributed by atoms with Gasteiger partial charge in [0.25, 0.3) is 0 Å². The summed E-state index contributed by atoms with van der Waals surface area (Å²) in [6.45, 7) is 4.84. The highest BCUT2D eigenvalue weighted by molar-refractivity contribution is 7.98. The van der Waals surface area contributed by atoms with Crippen LogP contribution in [-0.4, -0.2) is 25.7 Å². The third kappa shape index (κ3) is 3.76. The number of aromatic nitrogens is 4. The summed E-state index contributed by atoms with van der Waals surface area (Å²) in [5, 5.41) is 8.00. The molecule has 0 saturated heterocycles. The Hall–Kier alpha value is -1.50. The zero-order valence-corrected chi connectivity index (χ0v) is 11.4. The quantitative estimate of drug-likeness (QED) is 0.859. The van der Waals surface area contributed by atoms with Crippen LogP contribution in [0.2, 0.25) is 0 Å². The van der Waals surface area contributed by atoms with Crippen molar-refractivity contribution in [1.29, 1.82) is 0 Å². The van der Waals surface area contributed by atoms with Crippen molar-refractivity contribution in [3.8, 4) is 0 Å². The van der Waals surface area contributed by atoms with Crippen molar-refractivity contribution in [3.05, 3.63) is 24.1 Å². The molecule has 0 unspecified atom stereocenters. The molecule has 0 amide bonds. The van der Waals surface area contributed by atoms with Crippen LogP contribution in [0, 0.1) is 5.92 Å². The summed E-state index contributed by atoms with van der Waals surface area (Å²) < 4.78 is 6.83. The van der Waals surface area contributed by atoms with E-state index >= 15 is 0 Å². The molecule has 98 valence electrons. The summed E-state index contributed by atoms with van der Waals surface area (Å²) in [5.74, 6) is 3.84. The fourth-order valence-corrected chi connectivity index (χ4v) is 2.29. The molecule has 0 aromatic carbocycles. The standard InChI is InChI=1S/C11H17N5OS/c1-8(2)6-18-7-10-14-11(17-15-10)5-16-4-9(12)3-13-16/h3-4,8H,5-7,12H2,1-2H3. The highest BCUT2D eigenvalue weighted by Gasteiger charge is 2.08. The first kappa shape index (κ1) is 12.9. The van der Waals surface area contributed by atoms with Gasteiger partial charge in [0.05, 0.1) is 17.6 Å². The summed E-state index contributed by atoms with van der Waals surface area (Å²) in [4.78, 5) is 4.31. The second kappa shape index (κ2) is 5.90. The molecular weight excluding hydrogens is 250 g/mol. The summed E-state index contributed by atoms with van der Waals surface area (Å²) in [7, 11) is 0. The van der Waals surface area contributed by atoms with E-state index in [-0.39, 0.29) is 0 Å². The summed E-state index contributed by atoms with van der Waals surface area (Å²) in [6, 6.07) is 0. The predicted molar refractivity (Wildman–Crippen MR) is 71.0 cm³/mol. The van der Waals surface area contributed by atoms with Gasteiger partial charge in [0.15, 0.2) is 5.82 Å². The molecule has 2 aromatic rings. The third-order valence-electron chi connectivity index (χ3n) is 2.14. The van der Waals surface area contributed by atoms with Crippen molar-refractivity contribution in [1.82, 2.24) is 19.9 Å². The van der Waals surface area contributed by atoms with Gasteiger partial charge in [-0.3, -0.25) is 4.68 Å². The number of rotatable bonds is 6. The molecule has 2 rings (SSSR count). The molecular formula is C11H17N5OS. The Kier molecular flexibility index (Phi) is 4.24. The minimum absolute atomic E-state index is 0.457. The molecule has 2 N–H and O–H groups in total. The van der Waals surface area contributed by atoms with E-state index in [1.54, 1.807) is 17.1 Å². The maximum Gasteiger partial charge on any atom is 0.248 e.